The van der Waals surface area contributed by atoms with Gasteiger partial charge in [0.15, 0.2) is 9.84 Å². The van der Waals surface area contributed by atoms with Gasteiger partial charge in [0.25, 0.3) is 0 Å². The molecule has 1 aromatic rings. The van der Waals surface area contributed by atoms with Gasteiger partial charge in [-0.2, -0.15) is 0 Å². The van der Waals surface area contributed by atoms with E-state index in [9.17, 15) is 18.0 Å². The van der Waals surface area contributed by atoms with E-state index in [1.165, 1.54) is 12.8 Å². The molecule has 0 N–H and O–H groups in total. The molecule has 0 bridgehead atoms. The van der Waals surface area contributed by atoms with Gasteiger partial charge in [0, 0.05) is 39.4 Å². The molecule has 3 rings (SSSR count). The van der Waals surface area contributed by atoms with Crippen LogP contribution in [0.2, 0.25) is 0 Å². The van der Waals surface area contributed by atoms with Crippen molar-refractivity contribution in [1.82, 2.24) is 14.7 Å². The highest BCUT2D eigenvalue weighted by molar-refractivity contribution is 7.90. The summed E-state index contributed by atoms with van der Waals surface area (Å²) >= 11 is 0. The van der Waals surface area contributed by atoms with E-state index in [1.807, 2.05) is 4.90 Å². The highest BCUT2D eigenvalue weighted by Crippen LogP contribution is 2.19. The fourth-order valence-corrected chi connectivity index (χ4v) is 5.14. The van der Waals surface area contributed by atoms with Crippen molar-refractivity contribution in [2.24, 2.45) is 0 Å². The fourth-order valence-electron chi connectivity index (χ4n) is 4.20. The summed E-state index contributed by atoms with van der Waals surface area (Å²) < 4.78 is 24.0. The largest absolute Gasteiger partial charge is 0.339 e. The van der Waals surface area contributed by atoms with Crippen LogP contribution in [0.3, 0.4) is 0 Å². The summed E-state index contributed by atoms with van der Waals surface area (Å²) in [7, 11) is -3.39. The maximum Gasteiger partial charge on any atom is 0.227 e. The number of carbonyl (C=O) groups is 2. The molecule has 2 saturated heterocycles. The minimum atomic E-state index is -3.39. The second-order valence-corrected chi connectivity index (χ2v) is 9.75. The van der Waals surface area contributed by atoms with E-state index in [0.29, 0.717) is 25.2 Å². The standard InChI is InChI=1S/C20H29N3O4S.ClH/c1-16(24)23-12-11-22(15-18(23)14-21-9-5-6-10-21)20(25)13-17-7-3-4-8-19(17)28(2,26)27;/h3-4,7-8,18H,5-6,9-15H2,1-2H3;1H. The van der Waals surface area contributed by atoms with Gasteiger partial charge in [0.2, 0.25) is 11.8 Å². The van der Waals surface area contributed by atoms with Crippen LogP contribution >= 0.6 is 12.4 Å². The molecule has 1 aromatic carbocycles. The number of hydrogen-bond acceptors (Lipinski definition) is 5. The van der Waals surface area contributed by atoms with E-state index in [1.54, 1.807) is 36.1 Å². The highest BCUT2D eigenvalue weighted by Gasteiger charge is 2.33. The Kier molecular flexibility index (Phi) is 8.08. The third-order valence-electron chi connectivity index (χ3n) is 5.62. The Bertz CT molecular complexity index is 840. The first-order valence-corrected chi connectivity index (χ1v) is 11.7. The molecule has 2 fully saturated rings. The minimum Gasteiger partial charge on any atom is -0.339 e. The average molecular weight is 444 g/mol. The van der Waals surface area contributed by atoms with Crippen LogP contribution in [-0.4, -0.2) is 86.5 Å². The maximum absolute atomic E-state index is 12.9. The topological polar surface area (TPSA) is 78.0 Å². The van der Waals surface area contributed by atoms with Crippen LogP contribution < -0.4 is 0 Å². The van der Waals surface area contributed by atoms with Gasteiger partial charge in [-0.25, -0.2) is 8.42 Å². The van der Waals surface area contributed by atoms with Crippen LogP contribution in [0, 0.1) is 0 Å². The SMILES string of the molecule is CC(=O)N1CCN(C(=O)Cc2ccccc2S(C)(=O)=O)CC1CN1CCCC1.Cl. The lowest BCUT2D eigenvalue weighted by Crippen LogP contribution is -2.59. The van der Waals surface area contributed by atoms with Crippen molar-refractivity contribution in [2.75, 3.05) is 45.5 Å². The Labute approximate surface area is 179 Å². The first-order valence-electron chi connectivity index (χ1n) is 9.81. The number of piperazine rings is 1. The first-order chi connectivity index (χ1) is 13.3. The van der Waals surface area contributed by atoms with Gasteiger partial charge >= 0.3 is 0 Å². The van der Waals surface area contributed by atoms with E-state index >= 15 is 0 Å². The molecule has 2 heterocycles. The quantitative estimate of drug-likeness (QED) is 0.683. The summed E-state index contributed by atoms with van der Waals surface area (Å²) in [6.07, 6.45) is 3.57. The Morgan fingerprint density at radius 1 is 1.07 bits per heavy atom. The fraction of sp³-hybridized carbons (Fsp3) is 0.600. The average Bonchev–Trinajstić information content (AvgIpc) is 3.14. The molecule has 162 valence electrons. The van der Waals surface area contributed by atoms with Gasteiger partial charge < -0.3 is 14.7 Å². The lowest BCUT2D eigenvalue weighted by Gasteiger charge is -2.42. The highest BCUT2D eigenvalue weighted by atomic mass is 35.5. The molecule has 0 radical (unpaired) electrons. The van der Waals surface area contributed by atoms with Crippen LogP contribution in [0.25, 0.3) is 0 Å². The molecule has 2 amide bonds. The number of likely N-dealkylation sites (tertiary alicyclic amines) is 1. The molecule has 0 spiro atoms. The molecular formula is C20H30ClN3O4S. The second-order valence-electron chi connectivity index (χ2n) is 7.77. The van der Waals surface area contributed by atoms with Crippen molar-refractivity contribution in [3.8, 4) is 0 Å². The normalized spacial score (nSPS) is 20.4. The molecule has 1 atom stereocenters. The first kappa shape index (κ1) is 23.6. The van der Waals surface area contributed by atoms with E-state index in [0.717, 1.165) is 25.9 Å². The molecule has 1 unspecified atom stereocenters. The van der Waals surface area contributed by atoms with Gasteiger partial charge in [-0.05, 0) is 37.6 Å². The van der Waals surface area contributed by atoms with Crippen molar-refractivity contribution in [2.45, 2.75) is 37.1 Å². The van der Waals surface area contributed by atoms with Crippen molar-refractivity contribution < 1.29 is 18.0 Å². The predicted octanol–water partition coefficient (Wildman–Crippen LogP) is 1.21. The Balaban J connectivity index is 0.00000300. The Morgan fingerprint density at radius 2 is 1.72 bits per heavy atom. The zero-order valence-corrected chi connectivity index (χ0v) is 18.7. The zero-order chi connectivity index (χ0) is 20.3. The molecule has 0 aromatic heterocycles. The van der Waals surface area contributed by atoms with E-state index in [4.69, 9.17) is 0 Å². The number of hydrogen-bond donors (Lipinski definition) is 0. The molecule has 2 aliphatic heterocycles. The van der Waals surface area contributed by atoms with E-state index in [-0.39, 0.29) is 41.6 Å². The summed E-state index contributed by atoms with van der Waals surface area (Å²) in [5.41, 5.74) is 0.528. The van der Waals surface area contributed by atoms with E-state index < -0.39 is 9.84 Å². The third kappa shape index (κ3) is 5.93. The maximum atomic E-state index is 12.9. The summed E-state index contributed by atoms with van der Waals surface area (Å²) in [6.45, 7) is 5.94. The van der Waals surface area contributed by atoms with Crippen LogP contribution in [-0.2, 0) is 25.8 Å². The molecular weight excluding hydrogens is 414 g/mol. The Morgan fingerprint density at radius 3 is 2.34 bits per heavy atom. The predicted molar refractivity (Wildman–Crippen MR) is 114 cm³/mol. The lowest BCUT2D eigenvalue weighted by atomic mass is 10.1. The monoisotopic (exact) mass is 443 g/mol. The molecule has 0 saturated carbocycles. The van der Waals surface area contributed by atoms with E-state index in [2.05, 4.69) is 4.90 Å². The summed E-state index contributed by atoms with van der Waals surface area (Å²) in [5, 5.41) is 0. The number of sulfone groups is 1. The van der Waals surface area contributed by atoms with Crippen LogP contribution in [0.4, 0.5) is 0 Å². The van der Waals surface area contributed by atoms with Crippen molar-refractivity contribution >= 4 is 34.1 Å². The third-order valence-corrected chi connectivity index (χ3v) is 6.82. The van der Waals surface area contributed by atoms with Crippen LogP contribution in [0.1, 0.15) is 25.3 Å². The van der Waals surface area contributed by atoms with Gasteiger partial charge in [-0.1, -0.05) is 18.2 Å². The number of amides is 2. The van der Waals surface area contributed by atoms with Gasteiger partial charge in [-0.15, -0.1) is 12.4 Å². The number of benzene rings is 1. The molecule has 7 nitrogen and oxygen atoms in total. The smallest absolute Gasteiger partial charge is 0.227 e. The number of carbonyl (C=O) groups excluding carboxylic acids is 2. The van der Waals surface area contributed by atoms with Crippen molar-refractivity contribution in [3.63, 3.8) is 0 Å². The van der Waals surface area contributed by atoms with Crippen molar-refractivity contribution in [3.05, 3.63) is 29.8 Å². The van der Waals surface area contributed by atoms with Crippen LogP contribution in [0.5, 0.6) is 0 Å². The van der Waals surface area contributed by atoms with Crippen molar-refractivity contribution in [1.29, 1.82) is 0 Å². The van der Waals surface area contributed by atoms with Crippen LogP contribution in [0.15, 0.2) is 29.2 Å². The lowest BCUT2D eigenvalue weighted by molar-refractivity contribution is -0.141. The molecule has 29 heavy (non-hydrogen) atoms. The Hall–Kier alpha value is -1.64. The number of nitrogens with zero attached hydrogens (tertiary/aromatic N) is 3. The summed E-state index contributed by atoms with van der Waals surface area (Å²) in [5.74, 6) is -0.0514. The minimum absolute atomic E-state index is 0. The van der Waals surface area contributed by atoms with Gasteiger partial charge in [0.05, 0.1) is 17.4 Å². The number of rotatable bonds is 5. The number of halogens is 1. The summed E-state index contributed by atoms with van der Waals surface area (Å²) in [4.78, 5) is 31.2. The molecule has 0 aliphatic carbocycles. The summed E-state index contributed by atoms with van der Waals surface area (Å²) in [6, 6.07) is 6.64. The zero-order valence-electron chi connectivity index (χ0n) is 17.0. The van der Waals surface area contributed by atoms with Gasteiger partial charge in [0.1, 0.15) is 0 Å². The molecule has 2 aliphatic rings. The molecule has 9 heteroatoms. The second kappa shape index (κ2) is 9.91. The van der Waals surface area contributed by atoms with Gasteiger partial charge in [-0.3, -0.25) is 9.59 Å².